The number of carbonyl (C=O) groups is 1. The molecule has 2 saturated carbocycles. The molecule has 2 aliphatic heterocycles. The smallest absolute Gasteiger partial charge is 0.309 e. The highest BCUT2D eigenvalue weighted by atomic mass is 16.6. The average Bonchev–Trinajstić information content (AvgIpc) is 2.40. The largest absolute Gasteiger partial charge is 0.462 e. The molecule has 0 spiro atoms. The Balaban J connectivity index is 1.48. The van der Waals surface area contributed by atoms with Gasteiger partial charge in [-0.05, 0) is 31.6 Å². The van der Waals surface area contributed by atoms with Crippen LogP contribution in [0.5, 0.6) is 0 Å². The number of hydrogen-bond donors (Lipinski definition) is 0. The first-order chi connectivity index (χ1) is 9.17. The lowest BCUT2D eigenvalue weighted by Gasteiger charge is -2.48. The van der Waals surface area contributed by atoms with Crippen LogP contribution < -0.4 is 0 Å². The van der Waals surface area contributed by atoms with Gasteiger partial charge in [0.2, 0.25) is 0 Å². The minimum atomic E-state index is -0.0276. The van der Waals surface area contributed by atoms with E-state index in [4.69, 9.17) is 14.7 Å². The van der Waals surface area contributed by atoms with E-state index >= 15 is 0 Å². The summed E-state index contributed by atoms with van der Waals surface area (Å²) in [5.74, 6) is 0.843. The van der Waals surface area contributed by atoms with Crippen molar-refractivity contribution in [1.29, 1.82) is 5.26 Å². The molecule has 0 N–H and O–H groups in total. The second-order valence-corrected chi connectivity index (χ2v) is 6.35. The molecule has 4 rings (SSSR count). The lowest BCUT2D eigenvalue weighted by molar-refractivity contribution is -0.226. The van der Waals surface area contributed by atoms with Gasteiger partial charge in [-0.1, -0.05) is 6.92 Å². The Morgan fingerprint density at radius 1 is 1.21 bits per heavy atom. The van der Waals surface area contributed by atoms with Gasteiger partial charge in [0, 0.05) is 12.8 Å². The van der Waals surface area contributed by atoms with E-state index in [2.05, 4.69) is 13.0 Å². The van der Waals surface area contributed by atoms with E-state index in [1.807, 2.05) is 0 Å². The van der Waals surface area contributed by atoms with Gasteiger partial charge in [-0.25, -0.2) is 0 Å². The normalized spacial score (nSPS) is 44.8. The molecule has 4 fully saturated rings. The summed E-state index contributed by atoms with van der Waals surface area (Å²) in [6.45, 7) is 2.25. The molecule has 19 heavy (non-hydrogen) atoms. The molecule has 0 aromatic rings. The molecule has 0 aromatic heterocycles. The van der Waals surface area contributed by atoms with Crippen LogP contribution in [0.15, 0.2) is 0 Å². The van der Waals surface area contributed by atoms with Crippen LogP contribution in [0.25, 0.3) is 0 Å². The van der Waals surface area contributed by atoms with E-state index in [-0.39, 0.29) is 36.1 Å². The molecule has 0 aromatic carbocycles. The molecule has 0 radical (unpaired) electrons. The summed E-state index contributed by atoms with van der Waals surface area (Å²) >= 11 is 0. The fraction of sp³-hybridized carbons (Fsp3) is 0.867. The van der Waals surface area contributed by atoms with Crippen LogP contribution in [0.1, 0.15) is 45.4 Å². The molecule has 104 valence electrons. The van der Waals surface area contributed by atoms with Crippen molar-refractivity contribution >= 4 is 5.97 Å². The second kappa shape index (κ2) is 5.13. The maximum absolute atomic E-state index is 12.1. The van der Waals surface area contributed by atoms with Crippen molar-refractivity contribution in [2.75, 3.05) is 0 Å². The molecule has 2 aliphatic carbocycles. The van der Waals surface area contributed by atoms with Gasteiger partial charge in [-0.15, -0.1) is 0 Å². The molecule has 2 bridgehead atoms. The summed E-state index contributed by atoms with van der Waals surface area (Å²) in [6, 6.07) is 2.28. The minimum absolute atomic E-state index is 0.00655. The number of nitrogens with zero attached hydrogens (tertiary/aromatic N) is 1. The molecule has 0 amide bonds. The van der Waals surface area contributed by atoms with E-state index in [1.165, 1.54) is 0 Å². The molecular formula is C15H21NO3. The van der Waals surface area contributed by atoms with Gasteiger partial charge >= 0.3 is 5.97 Å². The van der Waals surface area contributed by atoms with Crippen LogP contribution in [0.4, 0.5) is 0 Å². The second-order valence-electron chi connectivity index (χ2n) is 6.35. The van der Waals surface area contributed by atoms with Crippen molar-refractivity contribution in [3.05, 3.63) is 0 Å². The maximum atomic E-state index is 12.1. The average molecular weight is 263 g/mol. The minimum Gasteiger partial charge on any atom is -0.462 e. The Labute approximate surface area is 114 Å². The van der Waals surface area contributed by atoms with Gasteiger partial charge in [0.25, 0.3) is 0 Å². The highest BCUT2D eigenvalue weighted by Crippen LogP contribution is 2.41. The predicted octanol–water partition coefficient (Wildman–Crippen LogP) is 2.43. The summed E-state index contributed by atoms with van der Waals surface area (Å²) in [4.78, 5) is 12.1. The molecule has 2 heterocycles. The van der Waals surface area contributed by atoms with Crippen LogP contribution in [-0.2, 0) is 14.3 Å². The first-order valence-electron chi connectivity index (χ1n) is 7.43. The monoisotopic (exact) mass is 263 g/mol. The van der Waals surface area contributed by atoms with Crippen LogP contribution in [0.3, 0.4) is 0 Å². The van der Waals surface area contributed by atoms with E-state index in [0.29, 0.717) is 12.8 Å². The van der Waals surface area contributed by atoms with E-state index in [0.717, 1.165) is 31.6 Å². The van der Waals surface area contributed by atoms with Crippen molar-refractivity contribution in [3.8, 4) is 6.07 Å². The van der Waals surface area contributed by atoms with Gasteiger partial charge in [-0.2, -0.15) is 5.26 Å². The number of fused-ring (bicyclic) bond motifs is 2. The lowest BCUT2D eigenvalue weighted by Crippen LogP contribution is -2.56. The highest BCUT2D eigenvalue weighted by Gasteiger charge is 2.50. The van der Waals surface area contributed by atoms with E-state index < -0.39 is 0 Å². The number of rotatable bonds is 2. The van der Waals surface area contributed by atoms with Crippen molar-refractivity contribution in [1.82, 2.24) is 0 Å². The van der Waals surface area contributed by atoms with Crippen molar-refractivity contribution in [3.63, 3.8) is 0 Å². The summed E-state index contributed by atoms with van der Waals surface area (Å²) in [7, 11) is 0. The fourth-order valence-corrected chi connectivity index (χ4v) is 3.58. The Morgan fingerprint density at radius 3 is 2.42 bits per heavy atom. The Bertz CT molecular complexity index is 383. The van der Waals surface area contributed by atoms with Crippen molar-refractivity contribution in [2.24, 2.45) is 17.8 Å². The standard InChI is InChI=1S/C15H21NO3/c1-9-2-4-10(5-3-9)15(17)18-11-6-13-12(8-16)14(7-11)19-13/h9-14H,2-7H2,1H3. The summed E-state index contributed by atoms with van der Waals surface area (Å²) < 4.78 is 11.2. The zero-order valence-corrected chi connectivity index (χ0v) is 11.4. The zero-order valence-electron chi connectivity index (χ0n) is 11.4. The maximum Gasteiger partial charge on any atom is 0.309 e. The number of esters is 1. The SMILES string of the molecule is CC1CCC(C(=O)OC2CC3OC(C2)C3C#N)CC1. The lowest BCUT2D eigenvalue weighted by atomic mass is 9.77. The zero-order chi connectivity index (χ0) is 13.4. The first-order valence-corrected chi connectivity index (χ1v) is 7.43. The Hall–Kier alpha value is -1.08. The first kappa shape index (κ1) is 12.9. The third-order valence-electron chi connectivity index (χ3n) is 4.92. The fourth-order valence-electron chi connectivity index (χ4n) is 3.58. The van der Waals surface area contributed by atoms with Crippen LogP contribution in [-0.4, -0.2) is 24.3 Å². The third-order valence-corrected chi connectivity index (χ3v) is 4.92. The number of nitriles is 1. The molecule has 4 heteroatoms. The van der Waals surface area contributed by atoms with E-state index in [1.54, 1.807) is 0 Å². The molecule has 4 aliphatic rings. The van der Waals surface area contributed by atoms with Gasteiger partial charge < -0.3 is 9.47 Å². The summed E-state index contributed by atoms with van der Waals surface area (Å²) in [6.07, 6.45) is 5.56. The molecule has 2 unspecified atom stereocenters. The number of ether oxygens (including phenoxy) is 2. The van der Waals surface area contributed by atoms with Gasteiger partial charge in [0.05, 0.1) is 30.1 Å². The van der Waals surface area contributed by atoms with Crippen molar-refractivity contribution < 1.29 is 14.3 Å². The van der Waals surface area contributed by atoms with Crippen molar-refractivity contribution in [2.45, 2.75) is 63.8 Å². The topological polar surface area (TPSA) is 59.3 Å². The third kappa shape index (κ3) is 2.49. The Kier molecular flexibility index (Phi) is 3.49. The van der Waals surface area contributed by atoms with Gasteiger partial charge in [0.1, 0.15) is 6.10 Å². The number of carbonyl (C=O) groups excluding carboxylic acids is 1. The molecule has 2 atom stereocenters. The molecular weight excluding hydrogens is 242 g/mol. The molecule has 4 nitrogen and oxygen atoms in total. The van der Waals surface area contributed by atoms with Crippen LogP contribution in [0.2, 0.25) is 0 Å². The van der Waals surface area contributed by atoms with Gasteiger partial charge in [0.15, 0.2) is 0 Å². The van der Waals surface area contributed by atoms with Crippen LogP contribution >= 0.6 is 0 Å². The summed E-state index contributed by atoms with van der Waals surface area (Å²) in [5.41, 5.74) is 0. The number of hydrogen-bond acceptors (Lipinski definition) is 4. The predicted molar refractivity (Wildman–Crippen MR) is 68.0 cm³/mol. The Morgan fingerprint density at radius 2 is 1.84 bits per heavy atom. The van der Waals surface area contributed by atoms with Crippen LogP contribution in [0, 0.1) is 29.1 Å². The van der Waals surface area contributed by atoms with E-state index in [9.17, 15) is 4.79 Å². The highest BCUT2D eigenvalue weighted by molar-refractivity contribution is 5.72. The van der Waals surface area contributed by atoms with Gasteiger partial charge in [-0.3, -0.25) is 4.79 Å². The quantitative estimate of drug-likeness (QED) is 0.718. The summed E-state index contributed by atoms with van der Waals surface area (Å²) in [5, 5.41) is 8.95. The molecule has 2 saturated heterocycles.